The van der Waals surface area contributed by atoms with E-state index in [1.54, 1.807) is 13.2 Å². The Kier molecular flexibility index (Phi) is 3.79. The molecular weight excluding hydrogens is 268 g/mol. The highest BCUT2D eigenvalue weighted by Crippen LogP contribution is 2.24. The molecule has 3 heterocycles. The van der Waals surface area contributed by atoms with Crippen molar-refractivity contribution in [1.82, 2.24) is 20.0 Å². The third kappa shape index (κ3) is 3.00. The number of carbonyl (C=O) groups is 1. The fourth-order valence-electron chi connectivity index (χ4n) is 2.84. The number of hydrogen-bond donors (Lipinski definition) is 1. The van der Waals surface area contributed by atoms with Gasteiger partial charge in [-0.15, -0.1) is 0 Å². The van der Waals surface area contributed by atoms with E-state index in [2.05, 4.69) is 15.3 Å². The molecule has 0 aliphatic carbocycles. The van der Waals surface area contributed by atoms with Crippen LogP contribution in [-0.4, -0.2) is 34.2 Å². The van der Waals surface area contributed by atoms with E-state index in [1.807, 2.05) is 29.8 Å². The van der Waals surface area contributed by atoms with E-state index in [0.29, 0.717) is 6.42 Å². The highest BCUT2D eigenvalue weighted by atomic mass is 16.3. The maximum atomic E-state index is 11.7. The molecule has 0 saturated heterocycles. The van der Waals surface area contributed by atoms with Crippen LogP contribution in [0.1, 0.15) is 29.7 Å². The summed E-state index contributed by atoms with van der Waals surface area (Å²) in [7, 11) is 1.67. The lowest BCUT2D eigenvalue weighted by atomic mass is 10.1. The lowest BCUT2D eigenvalue weighted by molar-refractivity contribution is -0.121. The molecule has 0 radical (unpaired) electrons. The van der Waals surface area contributed by atoms with Gasteiger partial charge in [-0.1, -0.05) is 0 Å². The first-order valence-electron chi connectivity index (χ1n) is 7.16. The summed E-state index contributed by atoms with van der Waals surface area (Å²) in [6.07, 6.45) is 2.24. The topological polar surface area (TPSA) is 63.3 Å². The van der Waals surface area contributed by atoms with Gasteiger partial charge in [0.1, 0.15) is 11.5 Å². The van der Waals surface area contributed by atoms with Gasteiger partial charge in [-0.05, 0) is 25.1 Å². The molecule has 0 aromatic carbocycles. The average Bonchev–Trinajstić information content (AvgIpc) is 3.07. The summed E-state index contributed by atoms with van der Waals surface area (Å²) in [4.78, 5) is 14.0. The summed E-state index contributed by atoms with van der Waals surface area (Å²) in [6.45, 7) is 4.32. The minimum atomic E-state index is 0.0390. The largest absolute Gasteiger partial charge is 0.465 e. The molecule has 1 aliphatic rings. The third-order valence-electron chi connectivity index (χ3n) is 3.83. The highest BCUT2D eigenvalue weighted by Gasteiger charge is 2.27. The van der Waals surface area contributed by atoms with Crippen LogP contribution in [0.5, 0.6) is 0 Å². The lowest BCUT2D eigenvalue weighted by Gasteiger charge is -2.33. The number of rotatable bonds is 4. The normalized spacial score (nSPS) is 18.5. The second kappa shape index (κ2) is 5.73. The molecule has 0 unspecified atom stereocenters. The van der Waals surface area contributed by atoms with E-state index >= 15 is 0 Å². The van der Waals surface area contributed by atoms with Crippen molar-refractivity contribution in [3.63, 3.8) is 0 Å². The van der Waals surface area contributed by atoms with Crippen molar-refractivity contribution in [2.75, 3.05) is 13.6 Å². The van der Waals surface area contributed by atoms with Crippen LogP contribution in [0.4, 0.5) is 0 Å². The predicted molar refractivity (Wildman–Crippen MR) is 77.5 cm³/mol. The van der Waals surface area contributed by atoms with Crippen LogP contribution in [0.2, 0.25) is 0 Å². The highest BCUT2D eigenvalue weighted by molar-refractivity contribution is 5.76. The van der Waals surface area contributed by atoms with Crippen LogP contribution in [0, 0.1) is 6.92 Å². The molecule has 0 fully saturated rings. The molecule has 6 heteroatoms. The van der Waals surface area contributed by atoms with Crippen LogP contribution in [0.25, 0.3) is 0 Å². The van der Waals surface area contributed by atoms with Crippen LogP contribution >= 0.6 is 0 Å². The summed E-state index contributed by atoms with van der Waals surface area (Å²) >= 11 is 0. The molecule has 3 rings (SSSR count). The van der Waals surface area contributed by atoms with Gasteiger partial charge < -0.3 is 9.73 Å². The van der Waals surface area contributed by atoms with E-state index < -0.39 is 0 Å². The summed E-state index contributed by atoms with van der Waals surface area (Å²) in [5.74, 6) is 1.92. The SMILES string of the molecule is CNC(=O)C[C@H]1CN(Cc2ccc(C)o2)Cc2ccnn21. The first-order chi connectivity index (χ1) is 10.2. The number of nitrogens with zero attached hydrogens (tertiary/aromatic N) is 3. The molecule has 0 saturated carbocycles. The van der Waals surface area contributed by atoms with Crippen molar-refractivity contribution < 1.29 is 9.21 Å². The molecular formula is C15H20N4O2. The number of carbonyl (C=O) groups excluding carboxylic acids is 1. The third-order valence-corrected chi connectivity index (χ3v) is 3.83. The molecule has 21 heavy (non-hydrogen) atoms. The molecule has 1 atom stereocenters. The smallest absolute Gasteiger partial charge is 0.221 e. The number of amides is 1. The van der Waals surface area contributed by atoms with Gasteiger partial charge in [0, 0.05) is 26.3 Å². The number of hydrogen-bond acceptors (Lipinski definition) is 4. The van der Waals surface area contributed by atoms with E-state index in [0.717, 1.165) is 36.8 Å². The van der Waals surface area contributed by atoms with Crippen LogP contribution in [0.15, 0.2) is 28.8 Å². The molecule has 2 aromatic rings. The molecule has 1 aliphatic heterocycles. The summed E-state index contributed by atoms with van der Waals surface area (Å²) in [5, 5.41) is 7.04. The number of nitrogens with one attached hydrogen (secondary N) is 1. The Balaban J connectivity index is 1.75. The zero-order valence-corrected chi connectivity index (χ0v) is 12.4. The van der Waals surface area contributed by atoms with Crippen molar-refractivity contribution >= 4 is 5.91 Å². The molecule has 1 amide bonds. The standard InChI is InChI=1S/C15H20N4O2/c1-11-3-4-14(21-11)10-18-8-12-5-6-17-19(12)13(9-18)7-15(20)16-2/h3-6,13H,7-10H2,1-2H3,(H,16,20)/t13-/m0/s1. The Hall–Kier alpha value is -2.08. The second-order valence-corrected chi connectivity index (χ2v) is 5.48. The maximum absolute atomic E-state index is 11.7. The lowest BCUT2D eigenvalue weighted by Crippen LogP contribution is -2.39. The van der Waals surface area contributed by atoms with Gasteiger partial charge in [0.15, 0.2) is 0 Å². The molecule has 112 valence electrons. The van der Waals surface area contributed by atoms with Gasteiger partial charge in [0.05, 0.1) is 24.7 Å². The molecule has 2 aromatic heterocycles. The number of aromatic nitrogens is 2. The summed E-state index contributed by atoms with van der Waals surface area (Å²) in [5.41, 5.74) is 1.14. The number of fused-ring (bicyclic) bond motifs is 1. The average molecular weight is 288 g/mol. The van der Waals surface area contributed by atoms with Gasteiger partial charge in [-0.25, -0.2) is 0 Å². The Morgan fingerprint density at radius 1 is 1.48 bits per heavy atom. The van der Waals surface area contributed by atoms with Crippen molar-refractivity contribution in [1.29, 1.82) is 0 Å². The quantitative estimate of drug-likeness (QED) is 0.925. The fourth-order valence-corrected chi connectivity index (χ4v) is 2.84. The number of furan rings is 1. The van der Waals surface area contributed by atoms with Gasteiger partial charge in [0.25, 0.3) is 0 Å². The van der Waals surface area contributed by atoms with Crippen molar-refractivity contribution in [2.24, 2.45) is 0 Å². The van der Waals surface area contributed by atoms with Gasteiger partial charge >= 0.3 is 0 Å². The zero-order chi connectivity index (χ0) is 14.8. The monoisotopic (exact) mass is 288 g/mol. The molecule has 0 bridgehead atoms. The van der Waals surface area contributed by atoms with E-state index in [-0.39, 0.29) is 11.9 Å². The van der Waals surface area contributed by atoms with Gasteiger partial charge in [-0.3, -0.25) is 14.4 Å². The van der Waals surface area contributed by atoms with Crippen molar-refractivity contribution in [2.45, 2.75) is 32.5 Å². The summed E-state index contributed by atoms with van der Waals surface area (Å²) in [6, 6.07) is 6.07. The minimum absolute atomic E-state index is 0.0390. The fraction of sp³-hybridized carbons (Fsp3) is 0.467. The Morgan fingerprint density at radius 2 is 2.33 bits per heavy atom. The predicted octanol–water partition coefficient (Wildman–Crippen LogP) is 1.48. The Bertz CT molecular complexity index is 631. The summed E-state index contributed by atoms with van der Waals surface area (Å²) < 4.78 is 7.62. The van der Waals surface area contributed by atoms with Crippen LogP contribution in [-0.2, 0) is 17.9 Å². The van der Waals surface area contributed by atoms with Crippen LogP contribution in [0.3, 0.4) is 0 Å². The second-order valence-electron chi connectivity index (χ2n) is 5.48. The van der Waals surface area contributed by atoms with E-state index in [4.69, 9.17) is 4.42 Å². The Morgan fingerprint density at radius 3 is 3.05 bits per heavy atom. The Labute approximate surface area is 123 Å². The first kappa shape index (κ1) is 13.9. The van der Waals surface area contributed by atoms with Crippen LogP contribution < -0.4 is 5.32 Å². The van der Waals surface area contributed by atoms with Gasteiger partial charge in [-0.2, -0.15) is 5.10 Å². The first-order valence-corrected chi connectivity index (χ1v) is 7.16. The maximum Gasteiger partial charge on any atom is 0.221 e. The molecule has 0 spiro atoms. The minimum Gasteiger partial charge on any atom is -0.465 e. The molecule has 1 N–H and O–H groups in total. The molecule has 6 nitrogen and oxygen atoms in total. The van der Waals surface area contributed by atoms with Gasteiger partial charge in [0.2, 0.25) is 5.91 Å². The van der Waals surface area contributed by atoms with E-state index in [1.165, 1.54) is 0 Å². The van der Waals surface area contributed by atoms with E-state index in [9.17, 15) is 4.79 Å². The zero-order valence-electron chi connectivity index (χ0n) is 12.4. The number of aryl methyl sites for hydroxylation is 1. The van der Waals surface area contributed by atoms with Crippen molar-refractivity contribution in [3.8, 4) is 0 Å². The van der Waals surface area contributed by atoms with Crippen molar-refractivity contribution in [3.05, 3.63) is 41.6 Å².